The first-order valence-electron chi connectivity index (χ1n) is 31.2. The molecule has 33 nitrogen and oxygen atoms in total. The summed E-state index contributed by atoms with van der Waals surface area (Å²) >= 11 is 0. The van der Waals surface area contributed by atoms with Crippen molar-refractivity contribution >= 4 is 77.4 Å². The van der Waals surface area contributed by atoms with Crippen molar-refractivity contribution in [3.63, 3.8) is 0 Å². The minimum atomic E-state index is -1.25. The number of amides is 7. The SMILES string of the molecule is CC(=O)N[C@H]1[C@H](OCCCCC(=O)NCCCNC(=O)CCOCC(COCCC(=O)NCCCNC(=O)CCCCO[C@@H]2O[C@@H](COC(C)=O)[C@H](CC(=O)O)[C@@H](CC(=O)O)[C@H]2NC(C)=O)NC(=O)OCc2ccccc2)O[C@@H](COC(C)=O)[C@H](CC(=O)O)[C@H]1CC(=O)O. The van der Waals surface area contributed by atoms with Gasteiger partial charge in [0.05, 0.1) is 82.4 Å². The fourth-order valence-corrected chi connectivity index (χ4v) is 10.4. The third-order valence-corrected chi connectivity index (χ3v) is 14.7. The average molecular weight is 1340 g/mol. The molecule has 7 amide bonds. The van der Waals surface area contributed by atoms with Crippen molar-refractivity contribution in [2.24, 2.45) is 23.7 Å². The molecule has 2 aliphatic heterocycles. The van der Waals surface area contributed by atoms with Gasteiger partial charge in [-0.15, -0.1) is 0 Å². The number of aliphatic carboxylic acids is 4. The molecule has 94 heavy (non-hydrogen) atoms. The predicted octanol–water partition coefficient (Wildman–Crippen LogP) is 0.663. The number of carbonyl (C=O) groups is 13. The van der Waals surface area contributed by atoms with Crippen LogP contribution in [-0.4, -0.2) is 220 Å². The molecule has 2 fully saturated rings. The zero-order valence-electron chi connectivity index (χ0n) is 53.6. The summed E-state index contributed by atoms with van der Waals surface area (Å²) in [7, 11) is 0. The zero-order valence-corrected chi connectivity index (χ0v) is 53.6. The topological polar surface area (TPSA) is 470 Å². The van der Waals surface area contributed by atoms with Crippen molar-refractivity contribution in [3.05, 3.63) is 35.9 Å². The summed E-state index contributed by atoms with van der Waals surface area (Å²) in [6, 6.07) is 6.15. The van der Waals surface area contributed by atoms with Gasteiger partial charge < -0.3 is 100 Å². The van der Waals surface area contributed by atoms with Gasteiger partial charge in [0.25, 0.3) is 0 Å². The monoisotopic (exact) mass is 1340 g/mol. The molecule has 33 heteroatoms. The third kappa shape index (κ3) is 34.7. The van der Waals surface area contributed by atoms with E-state index in [4.69, 9.17) is 42.6 Å². The molecule has 0 aliphatic carbocycles. The number of benzene rings is 1. The highest BCUT2D eigenvalue weighted by molar-refractivity contribution is 5.78. The van der Waals surface area contributed by atoms with Gasteiger partial charge in [0, 0.05) is 116 Å². The number of nitrogens with one attached hydrogen (secondary N) is 7. The Morgan fingerprint density at radius 2 is 0.830 bits per heavy atom. The van der Waals surface area contributed by atoms with Crippen LogP contribution in [0.2, 0.25) is 0 Å². The summed E-state index contributed by atoms with van der Waals surface area (Å²) in [4.78, 5) is 158. The van der Waals surface area contributed by atoms with Crippen LogP contribution in [0.15, 0.2) is 30.3 Å². The number of carboxylic acids is 4. The van der Waals surface area contributed by atoms with Gasteiger partial charge in [0.15, 0.2) is 12.6 Å². The second-order valence-corrected chi connectivity index (χ2v) is 22.5. The molecule has 3 rings (SSSR count). The predicted molar refractivity (Wildman–Crippen MR) is 324 cm³/mol. The van der Waals surface area contributed by atoms with Crippen LogP contribution in [0.1, 0.15) is 123 Å². The lowest BCUT2D eigenvalue weighted by Crippen LogP contribution is -2.60. The van der Waals surface area contributed by atoms with E-state index in [-0.39, 0.29) is 135 Å². The molecular formula is C61H93N7O26. The van der Waals surface area contributed by atoms with Crippen LogP contribution in [0.3, 0.4) is 0 Å². The first-order valence-corrected chi connectivity index (χ1v) is 31.2. The number of hydrogen-bond donors (Lipinski definition) is 11. The van der Waals surface area contributed by atoms with Crippen molar-refractivity contribution in [2.75, 3.05) is 79.0 Å². The third-order valence-electron chi connectivity index (χ3n) is 14.7. The first kappa shape index (κ1) is 80.1. The largest absolute Gasteiger partial charge is 0.481 e. The second-order valence-electron chi connectivity index (χ2n) is 22.5. The van der Waals surface area contributed by atoms with Gasteiger partial charge in [-0.1, -0.05) is 30.3 Å². The molecule has 0 aromatic heterocycles. The van der Waals surface area contributed by atoms with Crippen molar-refractivity contribution in [2.45, 2.75) is 167 Å². The molecule has 1 aromatic carbocycles. The van der Waals surface area contributed by atoms with Crippen LogP contribution >= 0.6 is 0 Å². The van der Waals surface area contributed by atoms with Crippen LogP contribution in [-0.2, 0) is 107 Å². The number of hydrogen-bond acceptors (Lipinski definition) is 22. The number of unbranched alkanes of at least 4 members (excludes halogenated alkanes) is 2. The van der Waals surface area contributed by atoms with Gasteiger partial charge in [-0.3, -0.25) is 57.5 Å². The van der Waals surface area contributed by atoms with Crippen LogP contribution in [0.5, 0.6) is 0 Å². The van der Waals surface area contributed by atoms with Gasteiger partial charge in [0.1, 0.15) is 19.8 Å². The van der Waals surface area contributed by atoms with Gasteiger partial charge in [-0.2, -0.15) is 0 Å². The second kappa shape index (κ2) is 45.3. The standard InChI is InChI=1S/C61H93N7O26/c1-37(69)66-57-45(30-55(81)82)43(28-53(77)78)47(35-90-39(3)71)93-59(57)88-24-10-8-16-49(73)62-20-12-22-64-51(75)18-26-86-33-42(68-61(85)92-32-41-14-6-5-7-15-41)34-87-27-19-52(76)65-23-13-21-63-50(74)17-9-11-25-89-60-58(67-38(2)70)46(31-56(83)84)44(29-54(79)80)48(94-60)36-91-40(4)72/h5-7,14-15,42-48,57-60H,8-13,16-36H2,1-4H3,(H,62,73)(H,63,74)(H,64,75)(H,65,76)(H,66,69)(H,67,70)(H,68,85)(H,77,78)(H,79,80)(H,81,82)(H,83,84)/t43-,44-,45-,46-,47+,48+,57-,58-,59-,60-/m1/s1. The Hall–Kier alpha value is -8.11. The molecule has 0 saturated carbocycles. The molecule has 0 unspecified atom stereocenters. The summed E-state index contributed by atoms with van der Waals surface area (Å²) in [5.41, 5.74) is 0.755. The molecular weight excluding hydrogens is 1250 g/mol. The molecule has 2 aliphatic rings. The Balaban J connectivity index is 1.33. The molecule has 2 heterocycles. The number of alkyl carbamates (subject to hydrolysis) is 1. The van der Waals surface area contributed by atoms with Crippen LogP contribution in [0, 0.1) is 23.7 Å². The van der Waals surface area contributed by atoms with E-state index < -0.39 is 146 Å². The normalized spacial score (nSPS) is 20.7. The van der Waals surface area contributed by atoms with Crippen molar-refractivity contribution in [1.29, 1.82) is 0 Å². The van der Waals surface area contributed by atoms with Crippen LogP contribution < -0.4 is 37.2 Å². The van der Waals surface area contributed by atoms with Crippen molar-refractivity contribution in [1.82, 2.24) is 37.2 Å². The van der Waals surface area contributed by atoms with Gasteiger partial charge in [-0.25, -0.2) is 4.79 Å². The zero-order chi connectivity index (χ0) is 69.4. The lowest BCUT2D eigenvalue weighted by atomic mass is 9.75. The quantitative estimate of drug-likeness (QED) is 0.0243. The molecule has 528 valence electrons. The maximum atomic E-state index is 12.7. The van der Waals surface area contributed by atoms with Crippen molar-refractivity contribution in [3.8, 4) is 0 Å². The molecule has 0 bridgehead atoms. The fourth-order valence-electron chi connectivity index (χ4n) is 10.4. The number of esters is 2. The molecule has 11 N–H and O–H groups in total. The number of ether oxygens (including phenoxy) is 9. The lowest BCUT2D eigenvalue weighted by Gasteiger charge is -2.46. The number of carbonyl (C=O) groups excluding carboxylic acids is 9. The maximum Gasteiger partial charge on any atom is 0.407 e. The van der Waals surface area contributed by atoms with Gasteiger partial charge >= 0.3 is 41.9 Å². The highest BCUT2D eigenvalue weighted by Crippen LogP contribution is 2.38. The van der Waals surface area contributed by atoms with E-state index in [1.807, 2.05) is 6.07 Å². The Bertz CT molecular complexity index is 2460. The van der Waals surface area contributed by atoms with E-state index in [9.17, 15) is 82.8 Å². The van der Waals surface area contributed by atoms with Crippen molar-refractivity contribution < 1.29 is 125 Å². The molecule has 1 aromatic rings. The van der Waals surface area contributed by atoms with Gasteiger partial charge in [0.2, 0.25) is 35.4 Å². The first-order chi connectivity index (χ1) is 44.8. The van der Waals surface area contributed by atoms with Gasteiger partial charge in [-0.05, 0) is 44.1 Å². The summed E-state index contributed by atoms with van der Waals surface area (Å²) in [6.07, 6.45) is -4.99. The molecule has 10 atom stereocenters. The van der Waals surface area contributed by atoms with Crippen LogP contribution in [0.4, 0.5) is 4.79 Å². The molecule has 0 spiro atoms. The van der Waals surface area contributed by atoms with E-state index in [0.717, 1.165) is 19.4 Å². The minimum Gasteiger partial charge on any atom is -0.481 e. The summed E-state index contributed by atoms with van der Waals surface area (Å²) in [5, 5.41) is 57.5. The highest BCUT2D eigenvalue weighted by atomic mass is 16.7. The Kier molecular flexibility index (Phi) is 38.6. The van der Waals surface area contributed by atoms with E-state index in [2.05, 4.69) is 37.2 Å². The smallest absolute Gasteiger partial charge is 0.407 e. The molecule has 2 saturated heterocycles. The summed E-state index contributed by atoms with van der Waals surface area (Å²) in [6.45, 7) is 4.81. The minimum absolute atomic E-state index is 0.00499. The number of rotatable bonds is 47. The fraction of sp³-hybridized carbons (Fsp3) is 0.689. The Labute approximate surface area is 544 Å². The Morgan fingerprint density at radius 3 is 1.19 bits per heavy atom. The van der Waals surface area contributed by atoms with E-state index in [0.29, 0.717) is 38.5 Å². The summed E-state index contributed by atoms with van der Waals surface area (Å²) in [5.74, 6) is -12.4. The average Bonchev–Trinajstić information content (AvgIpc) is 0.797. The molecule has 0 radical (unpaired) electrons. The van der Waals surface area contributed by atoms with Crippen LogP contribution in [0.25, 0.3) is 0 Å². The summed E-state index contributed by atoms with van der Waals surface area (Å²) < 4.78 is 50.8. The highest BCUT2D eigenvalue weighted by Gasteiger charge is 2.50. The van der Waals surface area contributed by atoms with E-state index in [1.54, 1.807) is 24.3 Å². The maximum absolute atomic E-state index is 12.7. The lowest BCUT2D eigenvalue weighted by molar-refractivity contribution is -0.250. The Morgan fingerprint density at radius 1 is 0.457 bits per heavy atom. The number of carboxylic acid groups (broad SMARTS) is 4. The van der Waals surface area contributed by atoms with E-state index >= 15 is 0 Å². The van der Waals surface area contributed by atoms with E-state index in [1.165, 1.54) is 13.8 Å².